The summed E-state index contributed by atoms with van der Waals surface area (Å²) >= 11 is 0. The van der Waals surface area contributed by atoms with Crippen molar-refractivity contribution in [3.8, 4) is 22.6 Å². The first-order valence-electron chi connectivity index (χ1n) is 9.30. The van der Waals surface area contributed by atoms with E-state index in [-0.39, 0.29) is 5.75 Å². The summed E-state index contributed by atoms with van der Waals surface area (Å²) in [6.45, 7) is 6.93. The van der Waals surface area contributed by atoms with Gasteiger partial charge in [-0.15, -0.1) is 0 Å². The minimum absolute atomic E-state index is 0.210. The zero-order chi connectivity index (χ0) is 18.8. The molecule has 0 saturated heterocycles. The lowest BCUT2D eigenvalue weighted by Gasteiger charge is -2.19. The van der Waals surface area contributed by atoms with Crippen LogP contribution in [0.25, 0.3) is 11.1 Å². The largest absolute Gasteiger partial charge is 0.504 e. The highest BCUT2D eigenvalue weighted by molar-refractivity contribution is 5.71. The normalized spacial score (nSPS) is 14.3. The van der Waals surface area contributed by atoms with E-state index in [2.05, 4.69) is 41.1 Å². The molecular formula is C23H24N2O2. The van der Waals surface area contributed by atoms with Gasteiger partial charge in [-0.05, 0) is 54.8 Å². The maximum Gasteiger partial charge on any atom is 0.165 e. The first-order valence-corrected chi connectivity index (χ1v) is 9.30. The number of aromatic hydroxyl groups is 1. The van der Waals surface area contributed by atoms with Crippen molar-refractivity contribution < 1.29 is 9.84 Å². The Hall–Kier alpha value is -2.85. The number of fused-ring (bicyclic) bond motifs is 1. The number of aryl methyl sites for hydroxylation is 2. The predicted octanol–water partition coefficient (Wildman–Crippen LogP) is 4.47. The van der Waals surface area contributed by atoms with E-state index < -0.39 is 0 Å². The van der Waals surface area contributed by atoms with Crippen LogP contribution >= 0.6 is 0 Å². The standard InChI is InChI=1S/C23H24N2O2/c1-16-6-3-4-9-21(16)18-12-19-14-25(10-11-27-23(19)22(26)13-18)15-20-8-5-7-17(2)24-20/h3-9,12-13,26H,10-11,14-15H2,1-2H3. The van der Waals surface area contributed by atoms with Gasteiger partial charge in [0.15, 0.2) is 11.5 Å². The summed E-state index contributed by atoms with van der Waals surface area (Å²) in [6.07, 6.45) is 0. The third-order valence-electron chi connectivity index (χ3n) is 4.98. The molecule has 4 nitrogen and oxygen atoms in total. The zero-order valence-electron chi connectivity index (χ0n) is 15.8. The van der Waals surface area contributed by atoms with E-state index in [1.807, 2.05) is 31.2 Å². The number of pyridine rings is 1. The zero-order valence-corrected chi connectivity index (χ0v) is 15.8. The van der Waals surface area contributed by atoms with Crippen LogP contribution in [0, 0.1) is 13.8 Å². The topological polar surface area (TPSA) is 45.6 Å². The number of rotatable bonds is 3. The molecule has 27 heavy (non-hydrogen) atoms. The number of hydrogen-bond acceptors (Lipinski definition) is 4. The van der Waals surface area contributed by atoms with Crippen molar-refractivity contribution in [1.82, 2.24) is 9.88 Å². The van der Waals surface area contributed by atoms with Crippen molar-refractivity contribution in [1.29, 1.82) is 0 Å². The summed E-state index contributed by atoms with van der Waals surface area (Å²) in [5, 5.41) is 10.6. The fourth-order valence-corrected chi connectivity index (χ4v) is 3.66. The van der Waals surface area contributed by atoms with E-state index in [4.69, 9.17) is 4.74 Å². The molecule has 0 atom stereocenters. The molecule has 138 valence electrons. The molecule has 1 aliphatic heterocycles. The quantitative estimate of drug-likeness (QED) is 0.749. The van der Waals surface area contributed by atoms with Crippen LogP contribution < -0.4 is 4.74 Å². The minimum Gasteiger partial charge on any atom is -0.504 e. The van der Waals surface area contributed by atoms with E-state index in [0.717, 1.165) is 47.7 Å². The van der Waals surface area contributed by atoms with Crippen LogP contribution in [0.5, 0.6) is 11.5 Å². The molecule has 3 aromatic rings. The highest BCUT2D eigenvalue weighted by Gasteiger charge is 2.20. The maximum atomic E-state index is 10.6. The smallest absolute Gasteiger partial charge is 0.165 e. The van der Waals surface area contributed by atoms with E-state index in [1.54, 1.807) is 6.07 Å². The fraction of sp³-hybridized carbons (Fsp3) is 0.261. The van der Waals surface area contributed by atoms with Crippen LogP contribution in [0.4, 0.5) is 0 Å². The highest BCUT2D eigenvalue weighted by atomic mass is 16.5. The molecule has 2 aromatic carbocycles. The van der Waals surface area contributed by atoms with Crippen LogP contribution in [0.1, 0.15) is 22.5 Å². The van der Waals surface area contributed by atoms with Crippen LogP contribution in [0.15, 0.2) is 54.6 Å². The van der Waals surface area contributed by atoms with Gasteiger partial charge >= 0.3 is 0 Å². The van der Waals surface area contributed by atoms with Crippen molar-refractivity contribution in [3.05, 3.63) is 77.1 Å². The van der Waals surface area contributed by atoms with Crippen LogP contribution in [0.3, 0.4) is 0 Å². The SMILES string of the molecule is Cc1cccc(CN2CCOc3c(O)cc(-c4ccccc4C)cc3C2)n1. The van der Waals surface area contributed by atoms with E-state index in [9.17, 15) is 5.11 Å². The second-order valence-electron chi connectivity index (χ2n) is 7.13. The van der Waals surface area contributed by atoms with Crippen molar-refractivity contribution >= 4 is 0 Å². The molecular weight excluding hydrogens is 336 g/mol. The maximum absolute atomic E-state index is 10.6. The molecule has 1 aromatic heterocycles. The van der Waals surface area contributed by atoms with E-state index in [0.29, 0.717) is 12.4 Å². The molecule has 4 heteroatoms. The summed E-state index contributed by atoms with van der Waals surface area (Å²) in [6, 6.07) is 18.3. The Bertz CT molecular complexity index is 968. The van der Waals surface area contributed by atoms with Gasteiger partial charge < -0.3 is 9.84 Å². The third-order valence-corrected chi connectivity index (χ3v) is 4.98. The Morgan fingerprint density at radius 3 is 2.74 bits per heavy atom. The Morgan fingerprint density at radius 1 is 1.07 bits per heavy atom. The highest BCUT2D eigenvalue weighted by Crippen LogP contribution is 2.38. The number of hydrogen-bond donors (Lipinski definition) is 1. The number of phenolic OH excluding ortho intramolecular Hbond substituents is 1. The van der Waals surface area contributed by atoms with Gasteiger partial charge in [0.1, 0.15) is 6.61 Å². The Balaban J connectivity index is 1.66. The summed E-state index contributed by atoms with van der Waals surface area (Å²) in [5.41, 5.74) is 6.43. The average molecular weight is 360 g/mol. The Morgan fingerprint density at radius 2 is 1.93 bits per heavy atom. The van der Waals surface area contributed by atoms with Crippen molar-refractivity contribution in [2.75, 3.05) is 13.2 Å². The summed E-state index contributed by atoms with van der Waals surface area (Å²) in [5.74, 6) is 0.813. The Kier molecular flexibility index (Phi) is 4.82. The number of nitrogens with zero attached hydrogens (tertiary/aromatic N) is 2. The van der Waals surface area contributed by atoms with Gasteiger partial charge in [0.2, 0.25) is 0 Å². The first-order chi connectivity index (χ1) is 13.1. The lowest BCUT2D eigenvalue weighted by Crippen LogP contribution is -2.25. The van der Waals surface area contributed by atoms with Gasteiger partial charge in [-0.3, -0.25) is 9.88 Å². The molecule has 0 radical (unpaired) electrons. The van der Waals surface area contributed by atoms with Gasteiger partial charge in [0.05, 0.1) is 5.69 Å². The van der Waals surface area contributed by atoms with Gasteiger partial charge in [-0.25, -0.2) is 0 Å². The monoisotopic (exact) mass is 360 g/mol. The molecule has 0 aliphatic carbocycles. The molecule has 0 unspecified atom stereocenters. The van der Waals surface area contributed by atoms with Crippen LogP contribution in [0.2, 0.25) is 0 Å². The minimum atomic E-state index is 0.210. The molecule has 4 rings (SSSR count). The lowest BCUT2D eigenvalue weighted by molar-refractivity contribution is 0.215. The molecule has 1 aliphatic rings. The predicted molar refractivity (Wildman–Crippen MR) is 107 cm³/mol. The first kappa shape index (κ1) is 17.6. The van der Waals surface area contributed by atoms with E-state index >= 15 is 0 Å². The molecule has 0 fully saturated rings. The van der Waals surface area contributed by atoms with Gasteiger partial charge in [0, 0.05) is 30.9 Å². The van der Waals surface area contributed by atoms with Crippen molar-refractivity contribution in [2.24, 2.45) is 0 Å². The number of ether oxygens (including phenoxy) is 1. The van der Waals surface area contributed by atoms with Crippen molar-refractivity contribution in [3.63, 3.8) is 0 Å². The molecule has 0 amide bonds. The lowest BCUT2D eigenvalue weighted by atomic mass is 9.98. The van der Waals surface area contributed by atoms with Gasteiger partial charge in [0.25, 0.3) is 0 Å². The van der Waals surface area contributed by atoms with E-state index in [1.165, 1.54) is 5.56 Å². The average Bonchev–Trinajstić information content (AvgIpc) is 2.84. The van der Waals surface area contributed by atoms with Crippen LogP contribution in [-0.2, 0) is 13.1 Å². The summed E-state index contributed by atoms with van der Waals surface area (Å²) in [7, 11) is 0. The molecule has 0 spiro atoms. The second kappa shape index (κ2) is 7.41. The van der Waals surface area contributed by atoms with Gasteiger partial charge in [-0.2, -0.15) is 0 Å². The summed E-state index contributed by atoms with van der Waals surface area (Å²) < 4.78 is 5.88. The van der Waals surface area contributed by atoms with Gasteiger partial charge in [-0.1, -0.05) is 30.3 Å². The Labute approximate surface area is 160 Å². The number of phenols is 1. The third kappa shape index (κ3) is 3.81. The molecule has 2 heterocycles. The fourth-order valence-electron chi connectivity index (χ4n) is 3.66. The van der Waals surface area contributed by atoms with Crippen molar-refractivity contribution in [2.45, 2.75) is 26.9 Å². The second-order valence-corrected chi connectivity index (χ2v) is 7.13. The number of benzene rings is 2. The number of aromatic nitrogens is 1. The van der Waals surface area contributed by atoms with Crippen LogP contribution in [-0.4, -0.2) is 28.1 Å². The summed E-state index contributed by atoms with van der Waals surface area (Å²) in [4.78, 5) is 6.93. The molecule has 1 N–H and O–H groups in total. The molecule has 0 saturated carbocycles. The molecule has 0 bridgehead atoms.